The number of hydrogen-bond acceptors (Lipinski definition) is 6. The summed E-state index contributed by atoms with van der Waals surface area (Å²) in [5.41, 5.74) is 2.52. The number of ether oxygens (including phenoxy) is 1. The fourth-order valence-electron chi connectivity index (χ4n) is 4.64. The third-order valence-corrected chi connectivity index (χ3v) is 7.55. The minimum absolute atomic E-state index is 0.170. The molecule has 2 aliphatic heterocycles. The van der Waals surface area contributed by atoms with E-state index in [1.54, 1.807) is 49.1 Å². The van der Waals surface area contributed by atoms with Crippen molar-refractivity contribution in [1.82, 2.24) is 4.57 Å². The Balaban J connectivity index is 1.84. The summed E-state index contributed by atoms with van der Waals surface area (Å²) >= 11 is 7.68. The highest BCUT2D eigenvalue weighted by Crippen LogP contribution is 2.36. The van der Waals surface area contributed by atoms with Crippen LogP contribution in [0.4, 0.5) is 5.69 Å². The number of anilines is 1. The largest absolute Gasteiger partial charge is 0.463 e. The molecule has 3 aromatic rings. The normalized spacial score (nSPS) is 18.0. The number of carbonyl (C=O) groups excluding carboxylic acids is 2. The molecule has 3 heterocycles. The molecule has 7 nitrogen and oxygen atoms in total. The maximum absolute atomic E-state index is 14.0. The lowest BCUT2D eigenvalue weighted by Gasteiger charge is -2.25. The van der Waals surface area contributed by atoms with Crippen molar-refractivity contribution in [3.63, 3.8) is 0 Å². The second-order valence-electron chi connectivity index (χ2n) is 8.24. The lowest BCUT2D eigenvalue weighted by Crippen LogP contribution is -2.41. The summed E-state index contributed by atoms with van der Waals surface area (Å²) in [4.78, 5) is 47.2. The molecule has 0 bridgehead atoms. The molecular weight excluding hydrogens is 498 g/mol. The van der Waals surface area contributed by atoms with Crippen LogP contribution >= 0.6 is 22.9 Å². The number of aromatic nitrogens is 1. The molecule has 1 amide bonds. The van der Waals surface area contributed by atoms with E-state index in [-0.39, 0.29) is 22.6 Å². The number of nitrogens with zero attached hydrogens (tertiary/aromatic N) is 3. The third-order valence-electron chi connectivity index (χ3n) is 6.15. The number of halogens is 1. The summed E-state index contributed by atoms with van der Waals surface area (Å²) in [5.74, 6) is -0.849. The molecule has 9 heteroatoms. The van der Waals surface area contributed by atoms with Crippen molar-refractivity contribution in [2.24, 2.45) is 4.99 Å². The summed E-state index contributed by atoms with van der Waals surface area (Å²) in [6.07, 6.45) is 1.64. The number of amides is 1. The molecule has 0 unspecified atom stereocenters. The van der Waals surface area contributed by atoms with E-state index in [1.807, 2.05) is 24.3 Å². The summed E-state index contributed by atoms with van der Waals surface area (Å²) in [6, 6.07) is 13.5. The molecule has 0 fully saturated rings. The van der Waals surface area contributed by atoms with E-state index in [9.17, 15) is 14.4 Å². The molecule has 36 heavy (non-hydrogen) atoms. The summed E-state index contributed by atoms with van der Waals surface area (Å²) in [7, 11) is 0. The van der Waals surface area contributed by atoms with Gasteiger partial charge in [0.15, 0.2) is 4.80 Å². The minimum atomic E-state index is -0.848. The Labute approximate surface area is 215 Å². The highest BCUT2D eigenvalue weighted by molar-refractivity contribution is 7.07. The molecule has 2 aliphatic rings. The Kier molecular flexibility index (Phi) is 6.24. The lowest BCUT2D eigenvalue weighted by atomic mass is 9.96. The monoisotopic (exact) mass is 519 g/mol. The number of rotatable bonds is 5. The smallest absolute Gasteiger partial charge is 0.338 e. The van der Waals surface area contributed by atoms with Crippen molar-refractivity contribution in [1.29, 1.82) is 0 Å². The van der Waals surface area contributed by atoms with Gasteiger partial charge in [0.1, 0.15) is 10.6 Å². The maximum Gasteiger partial charge on any atom is 0.338 e. The first kappa shape index (κ1) is 24.0. The maximum atomic E-state index is 14.0. The molecule has 2 aromatic carbocycles. The molecule has 0 saturated heterocycles. The van der Waals surface area contributed by atoms with Crippen molar-refractivity contribution in [3.05, 3.63) is 108 Å². The van der Waals surface area contributed by atoms with Crippen LogP contribution in [-0.2, 0) is 14.3 Å². The van der Waals surface area contributed by atoms with Crippen molar-refractivity contribution >= 4 is 46.1 Å². The molecule has 0 aliphatic carbocycles. The first-order valence-corrected chi connectivity index (χ1v) is 12.6. The molecule has 182 valence electrons. The van der Waals surface area contributed by atoms with E-state index in [0.717, 1.165) is 11.3 Å². The van der Waals surface area contributed by atoms with Crippen LogP contribution in [0.1, 0.15) is 31.0 Å². The fraction of sp³-hybridized carbons (Fsp3) is 0.185. The van der Waals surface area contributed by atoms with E-state index < -0.39 is 17.6 Å². The quantitative estimate of drug-likeness (QED) is 0.382. The Morgan fingerprint density at radius 2 is 1.92 bits per heavy atom. The number of benzene rings is 2. The van der Waals surface area contributed by atoms with Crippen molar-refractivity contribution in [3.8, 4) is 0 Å². The van der Waals surface area contributed by atoms with Crippen molar-refractivity contribution in [2.45, 2.75) is 19.9 Å². The van der Waals surface area contributed by atoms with E-state index in [0.29, 0.717) is 44.5 Å². The Hall–Kier alpha value is -3.75. The number of esters is 1. The first-order valence-electron chi connectivity index (χ1n) is 11.4. The predicted molar refractivity (Wildman–Crippen MR) is 140 cm³/mol. The molecule has 0 radical (unpaired) electrons. The van der Waals surface area contributed by atoms with Crippen LogP contribution in [0.25, 0.3) is 5.57 Å². The van der Waals surface area contributed by atoms with E-state index in [2.05, 4.69) is 11.6 Å². The van der Waals surface area contributed by atoms with Crippen LogP contribution in [0.15, 0.2) is 82.2 Å². The zero-order valence-electron chi connectivity index (χ0n) is 19.7. The van der Waals surface area contributed by atoms with E-state index in [1.165, 1.54) is 4.57 Å². The fourth-order valence-corrected chi connectivity index (χ4v) is 6.02. The SMILES string of the molecule is C=CCN1C(=O)C(=c2sc3n(c2=O)[C@@H](c2ccccc2Cl)C(C(=O)OCC)=C(C)N=3)c2ccccc21. The Morgan fingerprint density at radius 3 is 2.64 bits per heavy atom. The van der Waals surface area contributed by atoms with Gasteiger partial charge in [-0.25, -0.2) is 9.79 Å². The number of fused-ring (bicyclic) bond motifs is 2. The highest BCUT2D eigenvalue weighted by atomic mass is 35.5. The molecule has 5 rings (SSSR count). The number of thiazole rings is 1. The van der Waals surface area contributed by atoms with Crippen LogP contribution in [0.3, 0.4) is 0 Å². The summed E-state index contributed by atoms with van der Waals surface area (Å²) in [5, 5.41) is 0.400. The second-order valence-corrected chi connectivity index (χ2v) is 9.63. The van der Waals surface area contributed by atoms with Gasteiger partial charge in [-0.1, -0.05) is 65.4 Å². The third kappa shape index (κ3) is 3.65. The molecule has 1 aromatic heterocycles. The number of hydrogen-bond donors (Lipinski definition) is 0. The van der Waals surface area contributed by atoms with Gasteiger partial charge in [0.2, 0.25) is 0 Å². The average Bonchev–Trinajstić information content (AvgIpc) is 3.32. The highest BCUT2D eigenvalue weighted by Gasteiger charge is 2.37. The van der Waals surface area contributed by atoms with Gasteiger partial charge in [-0.15, -0.1) is 6.58 Å². The Bertz CT molecular complexity index is 1650. The van der Waals surface area contributed by atoms with Gasteiger partial charge in [-0.2, -0.15) is 0 Å². The van der Waals surface area contributed by atoms with E-state index >= 15 is 0 Å². The Morgan fingerprint density at radius 1 is 1.19 bits per heavy atom. The topological polar surface area (TPSA) is 81.0 Å². The van der Waals surface area contributed by atoms with Gasteiger partial charge < -0.3 is 9.64 Å². The van der Waals surface area contributed by atoms with Crippen molar-refractivity contribution < 1.29 is 14.3 Å². The zero-order valence-corrected chi connectivity index (χ0v) is 21.2. The first-order chi connectivity index (χ1) is 17.4. The summed E-state index contributed by atoms with van der Waals surface area (Å²) < 4.78 is 7.02. The van der Waals surface area contributed by atoms with Crippen LogP contribution in [0, 0.1) is 0 Å². The second kappa shape index (κ2) is 9.37. The zero-order chi connectivity index (χ0) is 25.6. The van der Waals surface area contributed by atoms with Gasteiger partial charge >= 0.3 is 5.97 Å². The van der Waals surface area contributed by atoms with Crippen LogP contribution in [0.2, 0.25) is 5.02 Å². The lowest BCUT2D eigenvalue weighted by molar-refractivity contribution is -0.139. The number of carbonyl (C=O) groups is 2. The van der Waals surface area contributed by atoms with Crippen LogP contribution in [-0.4, -0.2) is 29.6 Å². The summed E-state index contributed by atoms with van der Waals surface area (Å²) in [6.45, 7) is 7.66. The van der Waals surface area contributed by atoms with Gasteiger partial charge in [0.25, 0.3) is 11.5 Å². The molecule has 0 N–H and O–H groups in total. The van der Waals surface area contributed by atoms with Gasteiger partial charge in [0.05, 0.1) is 29.1 Å². The number of allylic oxidation sites excluding steroid dienone is 1. The van der Waals surface area contributed by atoms with Crippen LogP contribution in [0.5, 0.6) is 0 Å². The van der Waals surface area contributed by atoms with Gasteiger partial charge in [-0.05, 0) is 31.5 Å². The van der Waals surface area contributed by atoms with Crippen molar-refractivity contribution in [2.75, 3.05) is 18.1 Å². The van der Waals surface area contributed by atoms with E-state index in [4.69, 9.17) is 16.3 Å². The number of para-hydroxylation sites is 1. The predicted octanol–water partition coefficient (Wildman–Crippen LogP) is 3.35. The van der Waals surface area contributed by atoms with Gasteiger partial charge in [0, 0.05) is 17.1 Å². The molecule has 0 saturated carbocycles. The van der Waals surface area contributed by atoms with Gasteiger partial charge in [-0.3, -0.25) is 14.2 Å². The molecule has 1 atom stereocenters. The molecule has 0 spiro atoms. The standard InChI is InChI=1S/C27H22ClN3O4S/c1-4-14-30-19-13-9-7-11-17(19)21(24(30)32)23-25(33)31-22(16-10-6-8-12-18(16)28)20(26(34)35-5-2)15(3)29-27(31)36-23/h4,6-13,22H,1,5,14H2,2-3H3/t22-/m0/s1. The van der Waals surface area contributed by atoms with Crippen LogP contribution < -0.4 is 19.8 Å². The minimum Gasteiger partial charge on any atom is -0.463 e. The average molecular weight is 520 g/mol. The molecular formula is C27H22ClN3O4S.